The molecule has 21 heavy (non-hydrogen) atoms. The quantitative estimate of drug-likeness (QED) is 0.785. The summed E-state index contributed by atoms with van der Waals surface area (Å²) in [5.41, 5.74) is 10.4. The van der Waals surface area contributed by atoms with Gasteiger partial charge in [-0.25, -0.2) is 9.37 Å². The first-order chi connectivity index (χ1) is 10.0. The predicted molar refractivity (Wildman–Crippen MR) is 81.0 cm³/mol. The van der Waals surface area contributed by atoms with Crippen molar-refractivity contribution in [2.24, 2.45) is 0 Å². The first kappa shape index (κ1) is 13.4. The molecule has 0 aliphatic rings. The van der Waals surface area contributed by atoms with Crippen LogP contribution in [0.2, 0.25) is 0 Å². The summed E-state index contributed by atoms with van der Waals surface area (Å²) in [6.45, 7) is 4.04. The van der Waals surface area contributed by atoms with Crippen molar-refractivity contribution in [1.29, 1.82) is 0 Å². The maximum absolute atomic E-state index is 13.4. The molecule has 0 amide bonds. The van der Waals surface area contributed by atoms with Crippen molar-refractivity contribution < 1.29 is 9.13 Å². The van der Waals surface area contributed by atoms with Gasteiger partial charge in [-0.1, -0.05) is 0 Å². The molecule has 0 unspecified atom stereocenters. The van der Waals surface area contributed by atoms with Crippen molar-refractivity contribution in [3.8, 4) is 17.0 Å². The van der Waals surface area contributed by atoms with E-state index >= 15 is 0 Å². The molecule has 0 fully saturated rings. The SMILES string of the molecule is COc1cc(C)c(C)cc1-c1nc2ccc(F)cn2c1N. The number of aryl methyl sites for hydroxylation is 2. The van der Waals surface area contributed by atoms with Crippen LogP contribution in [-0.4, -0.2) is 16.5 Å². The molecule has 0 bridgehead atoms. The number of ether oxygens (including phenoxy) is 1. The lowest BCUT2D eigenvalue weighted by atomic mass is 10.0. The first-order valence-electron chi connectivity index (χ1n) is 6.60. The van der Waals surface area contributed by atoms with Gasteiger partial charge >= 0.3 is 0 Å². The maximum Gasteiger partial charge on any atom is 0.140 e. The van der Waals surface area contributed by atoms with Gasteiger partial charge in [-0.05, 0) is 49.2 Å². The Morgan fingerprint density at radius 2 is 1.90 bits per heavy atom. The van der Waals surface area contributed by atoms with Crippen LogP contribution in [0.15, 0.2) is 30.5 Å². The fraction of sp³-hybridized carbons (Fsp3) is 0.188. The van der Waals surface area contributed by atoms with Crippen molar-refractivity contribution in [2.75, 3.05) is 12.8 Å². The van der Waals surface area contributed by atoms with Gasteiger partial charge in [0.25, 0.3) is 0 Å². The number of imidazole rings is 1. The third-order valence-corrected chi connectivity index (χ3v) is 3.69. The molecule has 0 aliphatic heterocycles. The molecule has 0 aliphatic carbocycles. The molecule has 3 aromatic rings. The van der Waals surface area contributed by atoms with E-state index in [0.29, 0.717) is 22.9 Å². The zero-order valence-electron chi connectivity index (χ0n) is 12.1. The van der Waals surface area contributed by atoms with Crippen LogP contribution in [-0.2, 0) is 0 Å². The molecular weight excluding hydrogens is 269 g/mol. The van der Waals surface area contributed by atoms with Gasteiger partial charge in [0, 0.05) is 11.8 Å². The van der Waals surface area contributed by atoms with Gasteiger partial charge < -0.3 is 10.5 Å². The van der Waals surface area contributed by atoms with Crippen molar-refractivity contribution in [2.45, 2.75) is 13.8 Å². The van der Waals surface area contributed by atoms with E-state index in [1.54, 1.807) is 17.6 Å². The Balaban J connectivity index is 2.30. The van der Waals surface area contributed by atoms with Crippen LogP contribution >= 0.6 is 0 Å². The Morgan fingerprint density at radius 3 is 2.62 bits per heavy atom. The fourth-order valence-electron chi connectivity index (χ4n) is 2.38. The van der Waals surface area contributed by atoms with Gasteiger partial charge in [-0.2, -0.15) is 0 Å². The number of pyridine rings is 1. The molecule has 3 rings (SSSR count). The number of hydrogen-bond donors (Lipinski definition) is 1. The molecule has 4 nitrogen and oxygen atoms in total. The highest BCUT2D eigenvalue weighted by Gasteiger charge is 2.16. The number of benzene rings is 1. The lowest BCUT2D eigenvalue weighted by Gasteiger charge is -2.10. The summed E-state index contributed by atoms with van der Waals surface area (Å²) in [4.78, 5) is 4.49. The largest absolute Gasteiger partial charge is 0.496 e. The van der Waals surface area contributed by atoms with Crippen molar-refractivity contribution in [3.05, 3.63) is 47.4 Å². The van der Waals surface area contributed by atoms with Crippen LogP contribution in [0.5, 0.6) is 5.75 Å². The highest BCUT2D eigenvalue weighted by molar-refractivity contribution is 5.79. The molecule has 2 aromatic heterocycles. The molecule has 0 radical (unpaired) electrons. The lowest BCUT2D eigenvalue weighted by Crippen LogP contribution is -1.97. The molecule has 1 aromatic carbocycles. The van der Waals surface area contributed by atoms with Crippen LogP contribution in [0.25, 0.3) is 16.9 Å². The van der Waals surface area contributed by atoms with Crippen LogP contribution in [0.4, 0.5) is 10.2 Å². The minimum atomic E-state index is -0.356. The third kappa shape index (κ3) is 2.11. The zero-order valence-corrected chi connectivity index (χ0v) is 12.1. The van der Waals surface area contributed by atoms with E-state index in [1.807, 2.05) is 26.0 Å². The van der Waals surface area contributed by atoms with Crippen LogP contribution in [0.1, 0.15) is 11.1 Å². The Kier molecular flexibility index (Phi) is 3.05. The van der Waals surface area contributed by atoms with E-state index in [2.05, 4.69) is 4.98 Å². The van der Waals surface area contributed by atoms with E-state index in [0.717, 1.165) is 16.7 Å². The van der Waals surface area contributed by atoms with Crippen LogP contribution in [0.3, 0.4) is 0 Å². The predicted octanol–water partition coefficient (Wildman–Crippen LogP) is 3.35. The molecule has 0 spiro atoms. The monoisotopic (exact) mass is 285 g/mol. The fourth-order valence-corrected chi connectivity index (χ4v) is 2.38. The summed E-state index contributed by atoms with van der Waals surface area (Å²) in [7, 11) is 1.61. The van der Waals surface area contributed by atoms with Gasteiger partial charge in [0.1, 0.15) is 28.7 Å². The number of rotatable bonds is 2. The molecule has 0 saturated heterocycles. The van der Waals surface area contributed by atoms with Crippen LogP contribution < -0.4 is 10.5 Å². The Hall–Kier alpha value is -2.56. The van der Waals surface area contributed by atoms with Gasteiger partial charge in [0.2, 0.25) is 0 Å². The standard InChI is InChI=1S/C16H16FN3O/c1-9-6-12(13(21-3)7-10(9)2)15-16(18)20-8-11(17)4-5-14(20)19-15/h4-8H,18H2,1-3H3. The molecule has 0 atom stereocenters. The number of anilines is 1. The molecule has 2 heterocycles. The normalized spacial score (nSPS) is 11.0. The van der Waals surface area contributed by atoms with E-state index in [9.17, 15) is 4.39 Å². The second kappa shape index (κ2) is 4.77. The highest BCUT2D eigenvalue weighted by Crippen LogP contribution is 2.35. The first-order valence-corrected chi connectivity index (χ1v) is 6.60. The van der Waals surface area contributed by atoms with Gasteiger partial charge in [0.15, 0.2) is 0 Å². The molecule has 0 saturated carbocycles. The molecule has 5 heteroatoms. The minimum Gasteiger partial charge on any atom is -0.496 e. The minimum absolute atomic E-state index is 0.356. The summed E-state index contributed by atoms with van der Waals surface area (Å²) in [6.07, 6.45) is 1.33. The Labute approximate surface area is 122 Å². The smallest absolute Gasteiger partial charge is 0.140 e. The summed E-state index contributed by atoms with van der Waals surface area (Å²) < 4.78 is 20.3. The number of halogens is 1. The number of nitrogen functional groups attached to an aromatic ring is 1. The number of aromatic nitrogens is 2. The number of nitrogens with two attached hydrogens (primary N) is 1. The molecule has 108 valence electrons. The topological polar surface area (TPSA) is 52.5 Å². The van der Waals surface area contributed by atoms with E-state index in [4.69, 9.17) is 10.5 Å². The second-order valence-corrected chi connectivity index (χ2v) is 5.06. The molecule has 2 N–H and O–H groups in total. The Bertz CT molecular complexity index is 839. The Morgan fingerprint density at radius 1 is 1.19 bits per heavy atom. The van der Waals surface area contributed by atoms with E-state index in [1.165, 1.54) is 12.3 Å². The summed E-state index contributed by atoms with van der Waals surface area (Å²) >= 11 is 0. The van der Waals surface area contributed by atoms with E-state index in [-0.39, 0.29) is 5.82 Å². The highest BCUT2D eigenvalue weighted by atomic mass is 19.1. The average Bonchev–Trinajstić information content (AvgIpc) is 2.78. The van der Waals surface area contributed by atoms with Gasteiger partial charge in [-0.3, -0.25) is 4.40 Å². The zero-order chi connectivity index (χ0) is 15.1. The van der Waals surface area contributed by atoms with Crippen LogP contribution in [0, 0.1) is 19.7 Å². The second-order valence-electron chi connectivity index (χ2n) is 5.06. The average molecular weight is 285 g/mol. The number of hydrogen-bond acceptors (Lipinski definition) is 3. The summed E-state index contributed by atoms with van der Waals surface area (Å²) in [5, 5.41) is 0. The summed E-state index contributed by atoms with van der Waals surface area (Å²) in [6, 6.07) is 6.91. The molecular formula is C16H16FN3O. The number of fused-ring (bicyclic) bond motifs is 1. The van der Waals surface area contributed by atoms with Crippen molar-refractivity contribution >= 4 is 11.5 Å². The lowest BCUT2D eigenvalue weighted by molar-refractivity contribution is 0.416. The number of nitrogens with zero attached hydrogens (tertiary/aromatic N) is 2. The number of methoxy groups -OCH3 is 1. The van der Waals surface area contributed by atoms with Crippen molar-refractivity contribution in [3.63, 3.8) is 0 Å². The van der Waals surface area contributed by atoms with Gasteiger partial charge in [0.05, 0.1) is 7.11 Å². The van der Waals surface area contributed by atoms with Gasteiger partial charge in [-0.15, -0.1) is 0 Å². The van der Waals surface area contributed by atoms with E-state index < -0.39 is 0 Å². The maximum atomic E-state index is 13.4. The third-order valence-electron chi connectivity index (χ3n) is 3.69. The summed E-state index contributed by atoms with van der Waals surface area (Å²) in [5.74, 6) is 0.741. The van der Waals surface area contributed by atoms with Crippen molar-refractivity contribution in [1.82, 2.24) is 9.38 Å².